The van der Waals surface area contributed by atoms with E-state index in [2.05, 4.69) is 5.32 Å². The van der Waals surface area contributed by atoms with Gasteiger partial charge in [0.2, 0.25) is 15.9 Å². The lowest BCUT2D eigenvalue weighted by Crippen LogP contribution is -2.38. The van der Waals surface area contributed by atoms with Crippen molar-refractivity contribution in [1.29, 1.82) is 0 Å². The van der Waals surface area contributed by atoms with Gasteiger partial charge in [-0.05, 0) is 67.8 Å². The van der Waals surface area contributed by atoms with Gasteiger partial charge < -0.3 is 14.8 Å². The van der Waals surface area contributed by atoms with Crippen LogP contribution < -0.4 is 5.32 Å². The number of hydrogen-bond acceptors (Lipinski definition) is 7. The summed E-state index contributed by atoms with van der Waals surface area (Å²) in [6.45, 7) is 4.47. The molecule has 3 aromatic rings. The Morgan fingerprint density at radius 1 is 0.825 bits per heavy atom. The van der Waals surface area contributed by atoms with Crippen molar-refractivity contribution in [1.82, 2.24) is 4.31 Å². The van der Waals surface area contributed by atoms with E-state index in [4.69, 9.17) is 32.7 Å². The van der Waals surface area contributed by atoms with Crippen molar-refractivity contribution >= 4 is 56.8 Å². The third-order valence-corrected chi connectivity index (χ3v) is 8.76. The van der Waals surface area contributed by atoms with Gasteiger partial charge in [-0.1, -0.05) is 47.0 Å². The van der Waals surface area contributed by atoms with Crippen molar-refractivity contribution in [3.05, 3.63) is 92.0 Å². The van der Waals surface area contributed by atoms with Gasteiger partial charge >= 0.3 is 11.9 Å². The number of benzene rings is 3. The van der Waals surface area contributed by atoms with Crippen molar-refractivity contribution in [2.75, 3.05) is 26.1 Å². The predicted octanol–water partition coefficient (Wildman–Crippen LogP) is 5.32. The number of rotatable bonds is 9. The van der Waals surface area contributed by atoms with Crippen molar-refractivity contribution in [3.8, 4) is 0 Å². The van der Waals surface area contributed by atoms with Gasteiger partial charge in [-0.3, -0.25) is 4.79 Å². The van der Waals surface area contributed by atoms with Crippen LogP contribution in [0.25, 0.3) is 0 Å². The molecule has 0 aliphatic rings. The number of carbonyl (C=O) groups excluding carboxylic acids is 3. The van der Waals surface area contributed by atoms with E-state index in [-0.39, 0.29) is 33.3 Å². The Bertz CT molecular complexity index is 1530. The Morgan fingerprint density at radius 3 is 1.88 bits per heavy atom. The molecule has 12 heteroatoms. The number of amides is 1. The molecule has 0 aliphatic heterocycles. The number of ether oxygens (including phenoxy) is 2. The summed E-state index contributed by atoms with van der Waals surface area (Å²) in [7, 11) is -1.84. The van der Waals surface area contributed by atoms with Crippen LogP contribution in [0.2, 0.25) is 10.0 Å². The molecule has 0 atom stereocenters. The molecule has 3 rings (SSSR count). The summed E-state index contributed by atoms with van der Waals surface area (Å²) in [5.74, 6) is -2.20. The number of hydrogen-bond donors (Lipinski definition) is 1. The van der Waals surface area contributed by atoms with E-state index in [0.29, 0.717) is 21.7 Å². The minimum Gasteiger partial charge on any atom is -0.465 e. The van der Waals surface area contributed by atoms with E-state index >= 15 is 0 Å². The summed E-state index contributed by atoms with van der Waals surface area (Å²) in [6.07, 6.45) is 0. The molecule has 1 N–H and O–H groups in total. The molecule has 212 valence electrons. The van der Waals surface area contributed by atoms with E-state index in [1.807, 2.05) is 6.92 Å². The van der Waals surface area contributed by atoms with Crippen LogP contribution in [0.1, 0.15) is 43.0 Å². The third-order valence-electron chi connectivity index (χ3n) is 5.92. The Hall–Kier alpha value is -3.44. The Balaban J connectivity index is 2.02. The highest BCUT2D eigenvalue weighted by atomic mass is 35.5. The largest absolute Gasteiger partial charge is 0.465 e. The van der Waals surface area contributed by atoms with Crippen molar-refractivity contribution < 1.29 is 32.3 Å². The summed E-state index contributed by atoms with van der Waals surface area (Å²) < 4.78 is 38.4. The molecule has 1 amide bonds. The first-order valence-corrected chi connectivity index (χ1v) is 14.1. The molecule has 0 bridgehead atoms. The second-order valence-electron chi connectivity index (χ2n) is 9.08. The molecule has 0 aromatic heterocycles. The van der Waals surface area contributed by atoms with E-state index in [1.54, 1.807) is 38.1 Å². The average Bonchev–Trinajstić information content (AvgIpc) is 2.88. The monoisotopic (exact) mass is 606 g/mol. The predicted molar refractivity (Wildman–Crippen MR) is 152 cm³/mol. The first-order valence-electron chi connectivity index (χ1n) is 11.9. The van der Waals surface area contributed by atoms with Crippen LogP contribution in [0, 0.1) is 20.8 Å². The van der Waals surface area contributed by atoms with Gasteiger partial charge in [0, 0.05) is 12.2 Å². The standard InChI is InChI=1S/C28H28Cl2N2O7S/c1-16-8-17(2)26(18(3)9-16)40(36,37)32(14-19-6-7-23(29)24(30)10-19)15-25(33)31-22-12-20(27(34)38-4)11-21(13-22)28(35)39-5/h6-13H,14-15H2,1-5H3,(H,31,33). The highest BCUT2D eigenvalue weighted by molar-refractivity contribution is 7.89. The summed E-state index contributed by atoms with van der Waals surface area (Å²) in [5, 5.41) is 3.11. The van der Waals surface area contributed by atoms with Crippen LogP contribution in [0.4, 0.5) is 5.69 Å². The smallest absolute Gasteiger partial charge is 0.337 e. The molecular formula is C28H28Cl2N2O7S. The summed E-state index contributed by atoms with van der Waals surface area (Å²) in [5.41, 5.74) is 2.53. The quantitative estimate of drug-likeness (QED) is 0.327. The fourth-order valence-corrected chi connectivity index (χ4v) is 6.42. The number of nitrogens with one attached hydrogen (secondary N) is 1. The van der Waals surface area contributed by atoms with Gasteiger partial charge in [0.25, 0.3) is 0 Å². The number of esters is 2. The lowest BCUT2D eigenvalue weighted by atomic mass is 10.1. The fourth-order valence-electron chi connectivity index (χ4n) is 4.30. The number of aryl methyl sites for hydroxylation is 3. The van der Waals surface area contributed by atoms with Gasteiger partial charge in [0.15, 0.2) is 0 Å². The summed E-state index contributed by atoms with van der Waals surface area (Å²) >= 11 is 12.2. The van der Waals surface area contributed by atoms with Crippen LogP contribution in [0.15, 0.2) is 53.4 Å². The fraction of sp³-hybridized carbons (Fsp3) is 0.250. The molecule has 0 radical (unpaired) electrons. The number of methoxy groups -OCH3 is 2. The number of sulfonamides is 1. The molecule has 0 spiro atoms. The zero-order valence-electron chi connectivity index (χ0n) is 22.5. The van der Waals surface area contributed by atoms with Crippen molar-refractivity contribution in [2.45, 2.75) is 32.2 Å². The van der Waals surface area contributed by atoms with E-state index in [0.717, 1.165) is 9.87 Å². The second-order valence-corrected chi connectivity index (χ2v) is 11.8. The van der Waals surface area contributed by atoms with Gasteiger partial charge in [-0.2, -0.15) is 4.31 Å². The van der Waals surface area contributed by atoms with E-state index in [9.17, 15) is 22.8 Å². The highest BCUT2D eigenvalue weighted by Crippen LogP contribution is 2.28. The maximum atomic E-state index is 14.0. The maximum absolute atomic E-state index is 14.0. The van der Waals surface area contributed by atoms with E-state index < -0.39 is 34.4 Å². The molecule has 9 nitrogen and oxygen atoms in total. The molecule has 0 saturated carbocycles. The molecule has 0 heterocycles. The Morgan fingerprint density at radius 2 is 1.38 bits per heavy atom. The number of anilines is 1. The Labute approximate surface area is 243 Å². The van der Waals surface area contributed by atoms with Gasteiger partial charge in [-0.15, -0.1) is 0 Å². The van der Waals surface area contributed by atoms with Gasteiger partial charge in [0.05, 0.1) is 46.8 Å². The summed E-state index contributed by atoms with van der Waals surface area (Å²) in [4.78, 5) is 37.6. The maximum Gasteiger partial charge on any atom is 0.337 e. The molecule has 0 unspecified atom stereocenters. The van der Waals surface area contributed by atoms with Crippen LogP contribution in [-0.2, 0) is 30.8 Å². The number of carbonyl (C=O) groups is 3. The number of halogens is 2. The van der Waals surface area contributed by atoms with E-state index in [1.165, 1.54) is 38.5 Å². The van der Waals surface area contributed by atoms with Crippen LogP contribution in [0.5, 0.6) is 0 Å². The van der Waals surface area contributed by atoms with Crippen molar-refractivity contribution in [3.63, 3.8) is 0 Å². The van der Waals surface area contributed by atoms with Gasteiger partial charge in [-0.25, -0.2) is 18.0 Å². The zero-order valence-corrected chi connectivity index (χ0v) is 24.8. The lowest BCUT2D eigenvalue weighted by molar-refractivity contribution is -0.116. The first-order chi connectivity index (χ1) is 18.8. The molecular weight excluding hydrogens is 579 g/mol. The molecule has 0 saturated heterocycles. The highest BCUT2D eigenvalue weighted by Gasteiger charge is 2.30. The van der Waals surface area contributed by atoms with Crippen LogP contribution >= 0.6 is 23.2 Å². The topological polar surface area (TPSA) is 119 Å². The number of nitrogens with zero attached hydrogens (tertiary/aromatic N) is 1. The SMILES string of the molecule is COC(=O)c1cc(NC(=O)CN(Cc2ccc(Cl)c(Cl)c2)S(=O)(=O)c2c(C)cc(C)cc2C)cc(C(=O)OC)c1. The molecule has 0 fully saturated rings. The zero-order chi connectivity index (χ0) is 29.8. The molecule has 3 aromatic carbocycles. The minimum atomic E-state index is -4.19. The molecule has 40 heavy (non-hydrogen) atoms. The van der Waals surface area contributed by atoms with Crippen LogP contribution in [-0.4, -0.2) is 51.3 Å². The normalized spacial score (nSPS) is 11.3. The first kappa shape index (κ1) is 31.1. The van der Waals surface area contributed by atoms with Crippen molar-refractivity contribution in [2.24, 2.45) is 0 Å². The lowest BCUT2D eigenvalue weighted by Gasteiger charge is -2.24. The summed E-state index contributed by atoms with van der Waals surface area (Å²) in [6, 6.07) is 12.1. The minimum absolute atomic E-state index is 0.00751. The molecule has 0 aliphatic carbocycles. The average molecular weight is 608 g/mol. The third kappa shape index (κ3) is 7.19. The Kier molecular flexibility index (Phi) is 9.96. The second kappa shape index (κ2) is 12.8. The van der Waals surface area contributed by atoms with Gasteiger partial charge in [0.1, 0.15) is 0 Å². The van der Waals surface area contributed by atoms with Crippen LogP contribution in [0.3, 0.4) is 0 Å².